The third-order valence-electron chi connectivity index (χ3n) is 0.973. The molecular formula is C7H12N2O2. The lowest BCUT2D eigenvalue weighted by Gasteiger charge is -2.00. The van der Waals surface area contributed by atoms with Crippen molar-refractivity contribution in [1.82, 2.24) is 5.32 Å². The number of nitrogens with one attached hydrogen (secondary N) is 1. The van der Waals surface area contributed by atoms with E-state index in [0.29, 0.717) is 12.1 Å². The number of carbonyl (C=O) groups is 1. The quantitative estimate of drug-likeness (QED) is 0.336. The van der Waals surface area contributed by atoms with Gasteiger partial charge in [0.05, 0.1) is 0 Å². The zero-order valence-corrected chi connectivity index (χ0v) is 6.41. The van der Waals surface area contributed by atoms with Crippen LogP contribution in [-0.4, -0.2) is 13.0 Å². The molecule has 11 heavy (non-hydrogen) atoms. The number of carbonyl (C=O) groups excluding carboxylic acids is 1. The smallest absolute Gasteiger partial charge is 0.211 e. The molecule has 4 heteroatoms. The summed E-state index contributed by atoms with van der Waals surface area (Å²) in [6.07, 6.45) is 5.91. The SMILES string of the molecule is C/C=C\C=C(\CON)NC=O. The molecule has 0 aliphatic carbocycles. The van der Waals surface area contributed by atoms with Gasteiger partial charge >= 0.3 is 0 Å². The number of hydrogen-bond acceptors (Lipinski definition) is 3. The van der Waals surface area contributed by atoms with Crippen molar-refractivity contribution >= 4 is 6.41 Å². The summed E-state index contributed by atoms with van der Waals surface area (Å²) in [6, 6.07) is 0. The molecule has 0 radical (unpaired) electrons. The van der Waals surface area contributed by atoms with E-state index in [0.717, 1.165) is 0 Å². The van der Waals surface area contributed by atoms with Gasteiger partial charge in [0, 0.05) is 5.70 Å². The summed E-state index contributed by atoms with van der Waals surface area (Å²) in [5.74, 6) is 4.81. The maximum atomic E-state index is 9.98. The monoisotopic (exact) mass is 156 g/mol. The van der Waals surface area contributed by atoms with Gasteiger partial charge in [-0.3, -0.25) is 9.63 Å². The van der Waals surface area contributed by atoms with Crippen LogP contribution >= 0.6 is 0 Å². The average Bonchev–Trinajstić information content (AvgIpc) is 2.01. The molecule has 0 unspecified atom stereocenters. The second-order valence-electron chi connectivity index (χ2n) is 1.79. The van der Waals surface area contributed by atoms with Gasteiger partial charge in [-0.15, -0.1) is 0 Å². The Balaban J connectivity index is 3.95. The number of allylic oxidation sites excluding steroid dienone is 3. The molecule has 0 atom stereocenters. The summed E-state index contributed by atoms with van der Waals surface area (Å²) >= 11 is 0. The van der Waals surface area contributed by atoms with E-state index in [-0.39, 0.29) is 6.61 Å². The first-order chi connectivity index (χ1) is 5.35. The van der Waals surface area contributed by atoms with Crippen LogP contribution in [0.5, 0.6) is 0 Å². The van der Waals surface area contributed by atoms with Gasteiger partial charge < -0.3 is 5.32 Å². The first kappa shape index (κ1) is 9.87. The van der Waals surface area contributed by atoms with Crippen LogP contribution in [0.2, 0.25) is 0 Å². The third-order valence-corrected chi connectivity index (χ3v) is 0.973. The predicted molar refractivity (Wildman–Crippen MR) is 42.2 cm³/mol. The largest absolute Gasteiger partial charge is 0.330 e. The molecule has 1 amide bonds. The lowest BCUT2D eigenvalue weighted by molar-refractivity contribution is -0.109. The fourth-order valence-corrected chi connectivity index (χ4v) is 0.516. The fraction of sp³-hybridized carbons (Fsp3) is 0.286. The number of amides is 1. The first-order valence-electron chi connectivity index (χ1n) is 3.19. The average molecular weight is 156 g/mol. The van der Waals surface area contributed by atoms with Crippen LogP contribution in [0.1, 0.15) is 6.92 Å². The Kier molecular flexibility index (Phi) is 6.27. The minimum Gasteiger partial charge on any atom is -0.330 e. The molecule has 0 bridgehead atoms. The van der Waals surface area contributed by atoms with Gasteiger partial charge in [0.1, 0.15) is 6.61 Å². The van der Waals surface area contributed by atoms with Crippen LogP contribution < -0.4 is 11.2 Å². The highest BCUT2D eigenvalue weighted by molar-refractivity contribution is 5.50. The summed E-state index contributed by atoms with van der Waals surface area (Å²) in [4.78, 5) is 14.3. The van der Waals surface area contributed by atoms with Gasteiger partial charge in [0.15, 0.2) is 0 Å². The van der Waals surface area contributed by atoms with Crippen LogP contribution in [0.25, 0.3) is 0 Å². The van der Waals surface area contributed by atoms with Crippen LogP contribution in [0, 0.1) is 0 Å². The highest BCUT2D eigenvalue weighted by Crippen LogP contribution is 1.88. The molecule has 0 fully saturated rings. The van der Waals surface area contributed by atoms with Gasteiger partial charge in [-0.25, -0.2) is 5.90 Å². The minimum absolute atomic E-state index is 0.198. The van der Waals surface area contributed by atoms with Crippen molar-refractivity contribution in [2.45, 2.75) is 6.92 Å². The molecular weight excluding hydrogens is 144 g/mol. The van der Waals surface area contributed by atoms with E-state index in [4.69, 9.17) is 5.90 Å². The van der Waals surface area contributed by atoms with E-state index in [1.54, 1.807) is 12.2 Å². The van der Waals surface area contributed by atoms with E-state index in [1.807, 2.05) is 13.0 Å². The van der Waals surface area contributed by atoms with Crippen molar-refractivity contribution in [2.75, 3.05) is 6.61 Å². The molecule has 62 valence electrons. The van der Waals surface area contributed by atoms with E-state index in [9.17, 15) is 4.79 Å². The summed E-state index contributed by atoms with van der Waals surface area (Å²) in [5.41, 5.74) is 0.626. The zero-order valence-electron chi connectivity index (χ0n) is 6.41. The van der Waals surface area contributed by atoms with Crippen LogP contribution in [0.4, 0.5) is 0 Å². The normalized spacial score (nSPS) is 12.0. The standard InChI is InChI=1S/C7H12N2O2/c1-2-3-4-7(5-11-8)9-6-10/h2-4,6H,5,8H2,1H3,(H,9,10)/b3-2-,7-4-. The summed E-state index contributed by atoms with van der Waals surface area (Å²) < 4.78 is 0. The molecule has 0 spiro atoms. The predicted octanol–water partition coefficient (Wildman–Crippen LogP) is 0.0827. The number of hydrogen-bond donors (Lipinski definition) is 2. The lowest BCUT2D eigenvalue weighted by atomic mass is 10.4. The fourth-order valence-electron chi connectivity index (χ4n) is 0.516. The molecule has 0 aliphatic heterocycles. The van der Waals surface area contributed by atoms with Gasteiger partial charge in [0.25, 0.3) is 0 Å². The molecule has 0 aromatic carbocycles. The Hall–Kier alpha value is -1.13. The Labute approximate surface area is 65.7 Å². The van der Waals surface area contributed by atoms with Crippen molar-refractivity contribution in [3.05, 3.63) is 23.9 Å². The van der Waals surface area contributed by atoms with E-state index < -0.39 is 0 Å². The Morgan fingerprint density at radius 3 is 2.91 bits per heavy atom. The lowest BCUT2D eigenvalue weighted by Crippen LogP contribution is -2.17. The van der Waals surface area contributed by atoms with E-state index in [1.165, 1.54) is 0 Å². The van der Waals surface area contributed by atoms with Gasteiger partial charge in [0.2, 0.25) is 6.41 Å². The highest BCUT2D eigenvalue weighted by atomic mass is 16.6. The molecule has 0 rings (SSSR count). The van der Waals surface area contributed by atoms with Crippen molar-refractivity contribution in [3.8, 4) is 0 Å². The maximum absolute atomic E-state index is 9.98. The zero-order chi connectivity index (χ0) is 8.53. The van der Waals surface area contributed by atoms with Crippen LogP contribution in [-0.2, 0) is 9.63 Å². The summed E-state index contributed by atoms with van der Waals surface area (Å²) in [7, 11) is 0. The second-order valence-corrected chi connectivity index (χ2v) is 1.79. The maximum Gasteiger partial charge on any atom is 0.211 e. The van der Waals surface area contributed by atoms with Crippen molar-refractivity contribution in [2.24, 2.45) is 5.90 Å². The van der Waals surface area contributed by atoms with E-state index >= 15 is 0 Å². The summed E-state index contributed by atoms with van der Waals surface area (Å²) in [5, 5.41) is 2.44. The molecule has 0 aromatic rings. The Morgan fingerprint density at radius 2 is 2.45 bits per heavy atom. The van der Waals surface area contributed by atoms with Crippen molar-refractivity contribution in [1.29, 1.82) is 0 Å². The molecule has 3 N–H and O–H groups in total. The van der Waals surface area contributed by atoms with Crippen molar-refractivity contribution < 1.29 is 9.63 Å². The number of rotatable bonds is 5. The van der Waals surface area contributed by atoms with Crippen molar-refractivity contribution in [3.63, 3.8) is 0 Å². The van der Waals surface area contributed by atoms with Crippen LogP contribution in [0.15, 0.2) is 23.9 Å². The molecule has 0 saturated carbocycles. The van der Waals surface area contributed by atoms with Gasteiger partial charge in [-0.2, -0.15) is 0 Å². The highest BCUT2D eigenvalue weighted by Gasteiger charge is 1.90. The Morgan fingerprint density at radius 1 is 1.73 bits per heavy atom. The van der Waals surface area contributed by atoms with Crippen LogP contribution in [0.3, 0.4) is 0 Å². The molecule has 0 heterocycles. The Bertz CT molecular complexity index is 164. The first-order valence-corrected chi connectivity index (χ1v) is 3.19. The molecule has 0 aromatic heterocycles. The topological polar surface area (TPSA) is 64.3 Å². The van der Waals surface area contributed by atoms with E-state index in [2.05, 4.69) is 10.2 Å². The minimum atomic E-state index is 0.198. The molecule has 0 aliphatic rings. The molecule has 0 saturated heterocycles. The molecule has 4 nitrogen and oxygen atoms in total. The number of nitrogens with two attached hydrogens (primary N) is 1. The third kappa shape index (κ3) is 5.32. The second kappa shape index (κ2) is 6.98. The van der Waals surface area contributed by atoms with Gasteiger partial charge in [-0.05, 0) is 13.0 Å². The van der Waals surface area contributed by atoms with Gasteiger partial charge in [-0.1, -0.05) is 12.2 Å². The summed E-state index contributed by atoms with van der Waals surface area (Å²) in [6.45, 7) is 2.07.